The first-order valence-electron chi connectivity index (χ1n) is 6.07. The van der Waals surface area contributed by atoms with E-state index >= 15 is 0 Å². The summed E-state index contributed by atoms with van der Waals surface area (Å²) in [6.45, 7) is 11.8. The minimum Gasteiger partial charge on any atom is -0.0654 e. The smallest absolute Gasteiger partial charge is 0.0417 e. The quantitative estimate of drug-likeness (QED) is 0.528. The first-order valence-corrected chi connectivity index (χ1v) is 6.07. The monoisotopic (exact) mass is 184 g/mol. The maximum atomic E-state index is 2.42. The molecule has 0 aliphatic carbocycles. The zero-order valence-corrected chi connectivity index (χ0v) is 10.3. The molecule has 0 unspecified atom stereocenters. The predicted octanol–water partition coefficient (Wildman–Crippen LogP) is 4.89. The van der Waals surface area contributed by atoms with Crippen LogP contribution in [0.1, 0.15) is 66.7 Å². The Kier molecular flexibility index (Phi) is 7.41. The van der Waals surface area contributed by atoms with Gasteiger partial charge in [0.2, 0.25) is 0 Å². The Hall–Kier alpha value is 0. The lowest BCUT2D eigenvalue weighted by Crippen LogP contribution is -2.09. The average Bonchev–Trinajstić information content (AvgIpc) is 2.10. The highest BCUT2D eigenvalue weighted by atomic mass is 14.2. The molecule has 0 bridgehead atoms. The second kappa shape index (κ2) is 7.41. The fourth-order valence-electron chi connectivity index (χ4n) is 1.69. The lowest BCUT2D eigenvalue weighted by Gasteiger charge is -2.20. The molecule has 0 radical (unpaired) electrons. The maximum absolute atomic E-state index is 2.42. The molecule has 0 aliphatic heterocycles. The SMILES string of the molecule is CCCC[C@@H](C)[C@H](C)CCC(C)C. The molecule has 0 N–H and O–H groups in total. The number of hydrogen-bond acceptors (Lipinski definition) is 0. The molecule has 0 aromatic heterocycles. The summed E-state index contributed by atoms with van der Waals surface area (Å²) in [6.07, 6.45) is 7.00. The summed E-state index contributed by atoms with van der Waals surface area (Å²) in [6, 6.07) is 0. The normalized spacial score (nSPS) is 16.2. The molecule has 0 amide bonds. The van der Waals surface area contributed by atoms with Crippen molar-refractivity contribution < 1.29 is 0 Å². The van der Waals surface area contributed by atoms with Gasteiger partial charge in [0.05, 0.1) is 0 Å². The molecular formula is C13H28. The highest BCUT2D eigenvalue weighted by Crippen LogP contribution is 2.23. The summed E-state index contributed by atoms with van der Waals surface area (Å²) < 4.78 is 0. The highest BCUT2D eigenvalue weighted by molar-refractivity contribution is 4.63. The van der Waals surface area contributed by atoms with Crippen LogP contribution in [0.2, 0.25) is 0 Å². The molecule has 0 saturated carbocycles. The van der Waals surface area contributed by atoms with Gasteiger partial charge in [-0.15, -0.1) is 0 Å². The van der Waals surface area contributed by atoms with Crippen LogP contribution in [0.15, 0.2) is 0 Å². The van der Waals surface area contributed by atoms with Crippen molar-refractivity contribution in [2.75, 3.05) is 0 Å². The molecule has 0 heteroatoms. The zero-order valence-electron chi connectivity index (χ0n) is 10.3. The van der Waals surface area contributed by atoms with Crippen LogP contribution in [-0.2, 0) is 0 Å². The Balaban J connectivity index is 3.50. The number of rotatable bonds is 7. The van der Waals surface area contributed by atoms with E-state index in [9.17, 15) is 0 Å². The Morgan fingerprint density at radius 1 is 0.769 bits per heavy atom. The van der Waals surface area contributed by atoms with Crippen molar-refractivity contribution in [2.45, 2.75) is 66.7 Å². The van der Waals surface area contributed by atoms with Crippen molar-refractivity contribution in [3.05, 3.63) is 0 Å². The molecule has 2 atom stereocenters. The Bertz CT molecular complexity index is 105. The second-order valence-electron chi connectivity index (χ2n) is 5.07. The molecule has 0 rings (SSSR count). The minimum absolute atomic E-state index is 0.876. The highest BCUT2D eigenvalue weighted by Gasteiger charge is 2.11. The number of hydrogen-bond donors (Lipinski definition) is 0. The fourth-order valence-corrected chi connectivity index (χ4v) is 1.69. The molecule has 0 aromatic rings. The summed E-state index contributed by atoms with van der Waals surface area (Å²) in [7, 11) is 0. The molecule has 0 aliphatic rings. The van der Waals surface area contributed by atoms with E-state index in [1.54, 1.807) is 0 Å². The summed E-state index contributed by atoms with van der Waals surface area (Å²) in [4.78, 5) is 0. The largest absolute Gasteiger partial charge is 0.0654 e. The van der Waals surface area contributed by atoms with Gasteiger partial charge in [0, 0.05) is 0 Å². The van der Waals surface area contributed by atoms with Crippen molar-refractivity contribution in [3.8, 4) is 0 Å². The molecule has 80 valence electrons. The fraction of sp³-hybridized carbons (Fsp3) is 1.00. The van der Waals surface area contributed by atoms with E-state index in [4.69, 9.17) is 0 Å². The molecule has 0 spiro atoms. The van der Waals surface area contributed by atoms with Crippen LogP contribution in [0.5, 0.6) is 0 Å². The van der Waals surface area contributed by atoms with Crippen LogP contribution < -0.4 is 0 Å². The Morgan fingerprint density at radius 3 is 1.77 bits per heavy atom. The number of unbranched alkanes of at least 4 members (excludes halogenated alkanes) is 1. The maximum Gasteiger partial charge on any atom is -0.0417 e. The first kappa shape index (κ1) is 13.0. The van der Waals surface area contributed by atoms with Crippen LogP contribution in [0.4, 0.5) is 0 Å². The van der Waals surface area contributed by atoms with Gasteiger partial charge >= 0.3 is 0 Å². The van der Waals surface area contributed by atoms with Crippen LogP contribution in [0.25, 0.3) is 0 Å². The van der Waals surface area contributed by atoms with Gasteiger partial charge in [-0.25, -0.2) is 0 Å². The lowest BCUT2D eigenvalue weighted by molar-refractivity contribution is 0.315. The third kappa shape index (κ3) is 7.10. The van der Waals surface area contributed by atoms with Crippen molar-refractivity contribution in [3.63, 3.8) is 0 Å². The summed E-state index contributed by atoms with van der Waals surface area (Å²) in [5.74, 6) is 2.73. The zero-order chi connectivity index (χ0) is 10.3. The second-order valence-corrected chi connectivity index (χ2v) is 5.07. The van der Waals surface area contributed by atoms with E-state index in [1.165, 1.54) is 32.1 Å². The van der Waals surface area contributed by atoms with Gasteiger partial charge in [-0.3, -0.25) is 0 Å². The molecule has 13 heavy (non-hydrogen) atoms. The minimum atomic E-state index is 0.876. The molecule has 0 heterocycles. The summed E-state index contributed by atoms with van der Waals surface area (Å²) >= 11 is 0. The lowest BCUT2D eigenvalue weighted by atomic mass is 9.86. The molecule has 0 aromatic carbocycles. The van der Waals surface area contributed by atoms with Crippen molar-refractivity contribution in [1.29, 1.82) is 0 Å². The van der Waals surface area contributed by atoms with Crippen molar-refractivity contribution in [2.24, 2.45) is 17.8 Å². The van der Waals surface area contributed by atoms with Gasteiger partial charge in [0.15, 0.2) is 0 Å². The van der Waals surface area contributed by atoms with E-state index < -0.39 is 0 Å². The summed E-state index contributed by atoms with van der Waals surface area (Å²) in [5, 5.41) is 0. The van der Waals surface area contributed by atoms with Gasteiger partial charge in [0.1, 0.15) is 0 Å². The first-order chi connectivity index (χ1) is 6.07. The van der Waals surface area contributed by atoms with E-state index in [0.717, 1.165) is 17.8 Å². The van der Waals surface area contributed by atoms with Crippen LogP contribution >= 0.6 is 0 Å². The Morgan fingerprint density at radius 2 is 1.31 bits per heavy atom. The van der Waals surface area contributed by atoms with Crippen molar-refractivity contribution in [1.82, 2.24) is 0 Å². The van der Waals surface area contributed by atoms with Gasteiger partial charge in [-0.1, -0.05) is 66.7 Å². The van der Waals surface area contributed by atoms with Crippen molar-refractivity contribution >= 4 is 0 Å². The van der Waals surface area contributed by atoms with Gasteiger partial charge in [-0.05, 0) is 17.8 Å². The van der Waals surface area contributed by atoms with E-state index in [2.05, 4.69) is 34.6 Å². The van der Waals surface area contributed by atoms with Gasteiger partial charge in [-0.2, -0.15) is 0 Å². The van der Waals surface area contributed by atoms with E-state index in [1.807, 2.05) is 0 Å². The van der Waals surface area contributed by atoms with E-state index in [-0.39, 0.29) is 0 Å². The summed E-state index contributed by atoms with van der Waals surface area (Å²) in [5.41, 5.74) is 0. The topological polar surface area (TPSA) is 0 Å². The molecule has 0 nitrogen and oxygen atoms in total. The standard InChI is InChI=1S/C13H28/c1-6-7-8-12(4)13(5)10-9-11(2)3/h11-13H,6-10H2,1-5H3/t12-,13-/m1/s1. The van der Waals surface area contributed by atoms with Gasteiger partial charge < -0.3 is 0 Å². The van der Waals surface area contributed by atoms with Gasteiger partial charge in [0.25, 0.3) is 0 Å². The average molecular weight is 184 g/mol. The molecule has 0 fully saturated rings. The van der Waals surface area contributed by atoms with Crippen LogP contribution in [0.3, 0.4) is 0 Å². The van der Waals surface area contributed by atoms with E-state index in [0.29, 0.717) is 0 Å². The van der Waals surface area contributed by atoms with Crippen LogP contribution in [0, 0.1) is 17.8 Å². The molecule has 0 saturated heterocycles. The predicted molar refractivity (Wildman–Crippen MR) is 61.9 cm³/mol. The molecular weight excluding hydrogens is 156 g/mol. The Labute approximate surface area is 85.1 Å². The third-order valence-corrected chi connectivity index (χ3v) is 3.18. The van der Waals surface area contributed by atoms with Crippen LogP contribution in [-0.4, -0.2) is 0 Å². The third-order valence-electron chi connectivity index (χ3n) is 3.18.